The predicted octanol–water partition coefficient (Wildman–Crippen LogP) is 4.38. The number of benzene rings is 1. The molecule has 0 saturated heterocycles. The first-order valence-electron chi connectivity index (χ1n) is 7.80. The molecule has 120 valence electrons. The van der Waals surface area contributed by atoms with Gasteiger partial charge in [0.25, 0.3) is 0 Å². The topological polar surface area (TPSA) is 54.0 Å². The monoisotopic (exact) mass is 327 g/mol. The van der Waals surface area contributed by atoms with Crippen LogP contribution in [0.5, 0.6) is 0 Å². The molecule has 0 bridgehead atoms. The lowest BCUT2D eigenvalue weighted by Crippen LogP contribution is -2.34. The summed E-state index contributed by atoms with van der Waals surface area (Å²) in [6.45, 7) is 2.05. The summed E-state index contributed by atoms with van der Waals surface area (Å²) >= 11 is 1.62. The van der Waals surface area contributed by atoms with Crippen LogP contribution >= 0.6 is 11.8 Å². The number of hydrogen-bond acceptors (Lipinski definition) is 3. The molecule has 1 aromatic heterocycles. The Bertz CT molecular complexity index is 700. The van der Waals surface area contributed by atoms with Crippen molar-refractivity contribution in [1.82, 2.24) is 10.3 Å². The second kappa shape index (κ2) is 7.04. The molecule has 0 unspecified atom stereocenters. The van der Waals surface area contributed by atoms with Gasteiger partial charge in [-0.25, -0.2) is 4.79 Å². The van der Waals surface area contributed by atoms with Gasteiger partial charge in [-0.05, 0) is 61.8 Å². The number of carbonyl (C=O) groups excluding carboxylic acids is 1. The van der Waals surface area contributed by atoms with Crippen molar-refractivity contribution in [3.05, 3.63) is 53.9 Å². The van der Waals surface area contributed by atoms with E-state index in [-0.39, 0.29) is 12.1 Å². The summed E-state index contributed by atoms with van der Waals surface area (Å²) < 4.78 is 0. The van der Waals surface area contributed by atoms with Crippen molar-refractivity contribution in [2.24, 2.45) is 5.92 Å². The normalized spacial score (nSPS) is 15.0. The Morgan fingerprint density at radius 2 is 2.09 bits per heavy atom. The van der Waals surface area contributed by atoms with Crippen LogP contribution in [0, 0.1) is 12.8 Å². The Labute approximate surface area is 141 Å². The number of aromatic nitrogens is 1. The Hall–Kier alpha value is -2.01. The zero-order valence-corrected chi connectivity index (χ0v) is 14.2. The van der Waals surface area contributed by atoms with E-state index in [4.69, 9.17) is 0 Å². The molecule has 0 spiro atoms. The van der Waals surface area contributed by atoms with Crippen LogP contribution in [0.3, 0.4) is 0 Å². The summed E-state index contributed by atoms with van der Waals surface area (Å²) in [7, 11) is 0. The number of aryl methyl sites for hydroxylation is 1. The number of carbonyl (C=O) groups is 1. The number of rotatable bonds is 5. The van der Waals surface area contributed by atoms with E-state index in [9.17, 15) is 4.79 Å². The van der Waals surface area contributed by atoms with Gasteiger partial charge in [0.1, 0.15) is 0 Å². The van der Waals surface area contributed by atoms with Crippen molar-refractivity contribution >= 4 is 23.5 Å². The van der Waals surface area contributed by atoms with Gasteiger partial charge in [-0.15, -0.1) is 11.8 Å². The Kier molecular flexibility index (Phi) is 4.86. The Balaban J connectivity index is 1.72. The molecular formula is C18H21N3OS. The van der Waals surface area contributed by atoms with E-state index < -0.39 is 0 Å². The first kappa shape index (κ1) is 15.9. The van der Waals surface area contributed by atoms with E-state index >= 15 is 0 Å². The molecule has 2 N–H and O–H groups in total. The average Bonchev–Trinajstić information content (AvgIpc) is 3.38. The van der Waals surface area contributed by atoms with Crippen LogP contribution < -0.4 is 10.6 Å². The lowest BCUT2D eigenvalue weighted by atomic mass is 10.1. The molecule has 1 aliphatic carbocycles. The van der Waals surface area contributed by atoms with Gasteiger partial charge in [0.15, 0.2) is 0 Å². The fraction of sp³-hybridized carbons (Fsp3) is 0.333. The van der Waals surface area contributed by atoms with Gasteiger partial charge in [0.05, 0.1) is 17.4 Å². The summed E-state index contributed by atoms with van der Waals surface area (Å²) in [5.41, 5.74) is 2.95. The highest BCUT2D eigenvalue weighted by Gasteiger charge is 2.34. The number of pyridine rings is 1. The smallest absolute Gasteiger partial charge is 0.319 e. The molecular weight excluding hydrogens is 306 g/mol. The first-order chi connectivity index (χ1) is 11.2. The molecule has 4 nitrogen and oxygen atoms in total. The highest BCUT2D eigenvalue weighted by Crippen LogP contribution is 2.40. The second-order valence-corrected chi connectivity index (χ2v) is 6.72. The summed E-state index contributed by atoms with van der Waals surface area (Å²) in [6, 6.07) is 11.7. The van der Waals surface area contributed by atoms with Gasteiger partial charge in [-0.2, -0.15) is 0 Å². The zero-order valence-electron chi connectivity index (χ0n) is 13.4. The number of nitrogens with one attached hydrogen (secondary N) is 2. The fourth-order valence-corrected chi connectivity index (χ4v) is 3.19. The maximum atomic E-state index is 12.4. The number of amides is 2. The van der Waals surface area contributed by atoms with Gasteiger partial charge < -0.3 is 10.6 Å². The number of urea groups is 1. The Morgan fingerprint density at radius 1 is 1.30 bits per heavy atom. The maximum absolute atomic E-state index is 12.4. The van der Waals surface area contributed by atoms with Gasteiger partial charge in [0.2, 0.25) is 0 Å². The summed E-state index contributed by atoms with van der Waals surface area (Å²) in [6.07, 6.45) is 6.09. The minimum Gasteiger partial charge on any atom is -0.329 e. The van der Waals surface area contributed by atoms with E-state index in [0.29, 0.717) is 5.92 Å². The zero-order chi connectivity index (χ0) is 16.2. The standard InChI is InChI=1S/C18H21N3OS/c1-12-9-10-19-15(11-12)17(13-7-8-13)21-18(22)20-14-5-3-4-6-16(14)23-2/h3-6,9-11,13,17H,7-8H2,1-2H3,(H2,20,21,22)/t17-/m1/s1. The third kappa shape index (κ3) is 4.05. The molecule has 5 heteroatoms. The van der Waals surface area contributed by atoms with E-state index in [0.717, 1.165) is 34.7 Å². The van der Waals surface area contributed by atoms with Gasteiger partial charge in [0, 0.05) is 11.1 Å². The van der Waals surface area contributed by atoms with Crippen LogP contribution in [0.2, 0.25) is 0 Å². The van der Waals surface area contributed by atoms with Crippen molar-refractivity contribution in [3.63, 3.8) is 0 Å². The minimum absolute atomic E-state index is 0.0173. The lowest BCUT2D eigenvalue weighted by molar-refractivity contribution is 0.246. The predicted molar refractivity (Wildman–Crippen MR) is 94.8 cm³/mol. The lowest BCUT2D eigenvalue weighted by Gasteiger charge is -2.19. The van der Waals surface area contributed by atoms with Crippen LogP contribution in [-0.2, 0) is 0 Å². The molecule has 1 heterocycles. The summed E-state index contributed by atoms with van der Waals surface area (Å²) in [5, 5.41) is 6.06. The van der Waals surface area contributed by atoms with E-state index in [2.05, 4.69) is 21.7 Å². The van der Waals surface area contributed by atoms with Gasteiger partial charge >= 0.3 is 6.03 Å². The largest absolute Gasteiger partial charge is 0.329 e. The molecule has 1 atom stereocenters. The maximum Gasteiger partial charge on any atom is 0.319 e. The molecule has 23 heavy (non-hydrogen) atoms. The number of hydrogen-bond donors (Lipinski definition) is 2. The van der Waals surface area contributed by atoms with Crippen molar-refractivity contribution in [2.45, 2.75) is 30.7 Å². The van der Waals surface area contributed by atoms with Crippen molar-refractivity contribution in [1.29, 1.82) is 0 Å². The molecule has 1 aliphatic rings. The molecule has 0 aliphatic heterocycles. The molecule has 1 fully saturated rings. The van der Waals surface area contributed by atoms with Crippen molar-refractivity contribution in [2.75, 3.05) is 11.6 Å². The third-order valence-electron chi connectivity index (χ3n) is 3.99. The number of thioether (sulfide) groups is 1. The first-order valence-corrected chi connectivity index (χ1v) is 9.03. The quantitative estimate of drug-likeness (QED) is 0.801. The molecule has 1 aromatic carbocycles. The summed E-state index contributed by atoms with van der Waals surface area (Å²) in [4.78, 5) is 17.9. The van der Waals surface area contributed by atoms with Crippen molar-refractivity contribution < 1.29 is 4.79 Å². The SMILES string of the molecule is CSc1ccccc1NC(=O)N[C@@H](c1cc(C)ccn1)C1CC1. The molecule has 0 radical (unpaired) electrons. The van der Waals surface area contributed by atoms with Crippen LogP contribution in [-0.4, -0.2) is 17.3 Å². The van der Waals surface area contributed by atoms with E-state index in [1.165, 1.54) is 0 Å². The number of anilines is 1. The van der Waals surface area contributed by atoms with Crippen LogP contribution in [0.1, 0.15) is 30.1 Å². The number of nitrogens with zero attached hydrogens (tertiary/aromatic N) is 1. The second-order valence-electron chi connectivity index (χ2n) is 5.87. The van der Waals surface area contributed by atoms with E-state index in [1.54, 1.807) is 11.8 Å². The fourth-order valence-electron chi connectivity index (χ4n) is 2.64. The third-order valence-corrected chi connectivity index (χ3v) is 4.79. The number of para-hydroxylation sites is 1. The molecule has 2 aromatic rings. The molecule has 1 saturated carbocycles. The highest BCUT2D eigenvalue weighted by molar-refractivity contribution is 7.98. The highest BCUT2D eigenvalue weighted by atomic mass is 32.2. The minimum atomic E-state index is -0.174. The van der Waals surface area contributed by atoms with Crippen LogP contribution in [0.25, 0.3) is 0 Å². The van der Waals surface area contributed by atoms with Gasteiger partial charge in [-0.3, -0.25) is 4.98 Å². The van der Waals surface area contributed by atoms with Crippen LogP contribution in [0.15, 0.2) is 47.5 Å². The van der Waals surface area contributed by atoms with Gasteiger partial charge in [-0.1, -0.05) is 12.1 Å². The Morgan fingerprint density at radius 3 is 2.78 bits per heavy atom. The van der Waals surface area contributed by atoms with E-state index in [1.807, 2.05) is 49.7 Å². The van der Waals surface area contributed by atoms with Crippen molar-refractivity contribution in [3.8, 4) is 0 Å². The average molecular weight is 327 g/mol. The summed E-state index contributed by atoms with van der Waals surface area (Å²) in [5.74, 6) is 0.492. The molecule has 3 rings (SSSR count). The van der Waals surface area contributed by atoms with Crippen LogP contribution in [0.4, 0.5) is 10.5 Å². The molecule has 2 amide bonds.